The Morgan fingerprint density at radius 2 is 2.10 bits per heavy atom. The van der Waals surface area contributed by atoms with Gasteiger partial charge in [-0.2, -0.15) is 0 Å². The van der Waals surface area contributed by atoms with Crippen LogP contribution in [0.1, 0.15) is 40.5 Å². The summed E-state index contributed by atoms with van der Waals surface area (Å²) in [6, 6.07) is 7.30. The van der Waals surface area contributed by atoms with Gasteiger partial charge in [-0.3, -0.25) is 24.5 Å². The van der Waals surface area contributed by atoms with Crippen molar-refractivity contribution in [2.24, 2.45) is 5.73 Å². The molecule has 154 valence electrons. The van der Waals surface area contributed by atoms with Gasteiger partial charge in [0.1, 0.15) is 12.1 Å². The number of fused-ring (bicyclic) bond motifs is 2. The van der Waals surface area contributed by atoms with Gasteiger partial charge in [-0.25, -0.2) is 0 Å². The van der Waals surface area contributed by atoms with Gasteiger partial charge in [0.15, 0.2) is 0 Å². The first-order chi connectivity index (χ1) is 14.3. The summed E-state index contributed by atoms with van der Waals surface area (Å²) in [5.74, 6) is -1.07. The number of pyridine rings is 1. The lowest BCUT2D eigenvalue weighted by Gasteiger charge is -2.26. The number of hydrogen-bond acceptors (Lipinski definition) is 5. The van der Waals surface area contributed by atoms with E-state index in [0.29, 0.717) is 35.0 Å². The molecule has 0 fully saturated rings. The van der Waals surface area contributed by atoms with E-state index >= 15 is 0 Å². The molecule has 2 aromatic heterocycles. The van der Waals surface area contributed by atoms with E-state index in [2.05, 4.69) is 10.3 Å². The van der Waals surface area contributed by atoms with Crippen LogP contribution in [0.25, 0.3) is 10.9 Å². The lowest BCUT2D eigenvalue weighted by atomic mass is 9.90. The first kappa shape index (κ1) is 19.4. The fourth-order valence-electron chi connectivity index (χ4n) is 3.91. The molecule has 0 saturated carbocycles. The molecule has 0 saturated heterocycles. The molecule has 0 radical (unpaired) electrons. The van der Waals surface area contributed by atoms with Gasteiger partial charge in [0.25, 0.3) is 17.2 Å². The van der Waals surface area contributed by atoms with Crippen molar-refractivity contribution in [1.82, 2.24) is 14.9 Å². The first-order valence-electron chi connectivity index (χ1n) is 9.42. The monoisotopic (exact) mass is 409 g/mol. The minimum Gasteiger partial charge on any atom is -0.365 e. The predicted octanol–water partition coefficient (Wildman–Crippen LogP) is 1.53. The number of carbonyl (C=O) groups is 2. The van der Waals surface area contributed by atoms with E-state index < -0.39 is 16.4 Å². The molecule has 1 unspecified atom stereocenters. The van der Waals surface area contributed by atoms with Crippen LogP contribution >= 0.6 is 0 Å². The maximum absolute atomic E-state index is 12.7. The molecular weight excluding hydrogens is 390 g/mol. The number of primary amides is 1. The van der Waals surface area contributed by atoms with Crippen LogP contribution in [0.5, 0.6) is 0 Å². The topological polar surface area (TPSA) is 153 Å². The predicted molar refractivity (Wildman–Crippen MR) is 108 cm³/mol. The number of aromatic nitrogens is 2. The molecule has 3 aromatic rings. The number of aromatic amines is 1. The average molecular weight is 409 g/mol. The Hall–Kier alpha value is -3.95. The average Bonchev–Trinajstić information content (AvgIpc) is 3.09. The van der Waals surface area contributed by atoms with Crippen molar-refractivity contribution in [3.63, 3.8) is 0 Å². The lowest BCUT2D eigenvalue weighted by Crippen LogP contribution is -2.35. The SMILES string of the molecule is NC(=O)c1cc2c([nH]c1=O)CCCC2NC(=O)Cn1ccc2cc([N+](=O)[O-])ccc21. The highest BCUT2D eigenvalue weighted by molar-refractivity contribution is 5.92. The van der Waals surface area contributed by atoms with Gasteiger partial charge < -0.3 is 20.6 Å². The minimum absolute atomic E-state index is 0.0113. The number of benzene rings is 1. The van der Waals surface area contributed by atoms with Crippen LogP contribution in [-0.4, -0.2) is 26.3 Å². The normalized spacial score (nSPS) is 15.5. The Kier molecular flexibility index (Phi) is 4.82. The number of rotatable bonds is 5. The van der Waals surface area contributed by atoms with E-state index in [1.54, 1.807) is 22.9 Å². The number of hydrogen-bond donors (Lipinski definition) is 3. The van der Waals surface area contributed by atoms with Crippen LogP contribution in [0.4, 0.5) is 5.69 Å². The van der Waals surface area contributed by atoms with Crippen LogP contribution in [0.15, 0.2) is 41.3 Å². The Labute approximate surface area is 169 Å². The Bertz CT molecular complexity index is 1240. The molecular formula is C20H19N5O5. The summed E-state index contributed by atoms with van der Waals surface area (Å²) in [6.07, 6.45) is 3.80. The number of amides is 2. The van der Waals surface area contributed by atoms with Gasteiger partial charge >= 0.3 is 0 Å². The van der Waals surface area contributed by atoms with Crippen LogP contribution < -0.4 is 16.6 Å². The van der Waals surface area contributed by atoms with E-state index in [9.17, 15) is 24.5 Å². The zero-order valence-corrected chi connectivity index (χ0v) is 15.9. The number of aryl methyl sites for hydroxylation is 1. The highest BCUT2D eigenvalue weighted by Crippen LogP contribution is 2.28. The van der Waals surface area contributed by atoms with Gasteiger partial charge in [-0.15, -0.1) is 0 Å². The van der Waals surface area contributed by atoms with Gasteiger partial charge in [0.05, 0.1) is 11.0 Å². The van der Waals surface area contributed by atoms with E-state index in [-0.39, 0.29) is 29.7 Å². The number of nitrogens with one attached hydrogen (secondary N) is 2. The molecule has 4 N–H and O–H groups in total. The van der Waals surface area contributed by atoms with Crippen LogP contribution in [0, 0.1) is 10.1 Å². The third kappa shape index (κ3) is 3.54. The number of nitro groups is 1. The second-order valence-electron chi connectivity index (χ2n) is 7.27. The van der Waals surface area contributed by atoms with Gasteiger partial charge in [-0.05, 0) is 43.0 Å². The van der Waals surface area contributed by atoms with Crippen molar-refractivity contribution >= 4 is 28.4 Å². The second-order valence-corrected chi connectivity index (χ2v) is 7.27. The van der Waals surface area contributed by atoms with E-state index in [1.807, 2.05) is 0 Å². The molecule has 1 aliphatic rings. The van der Waals surface area contributed by atoms with E-state index in [1.165, 1.54) is 18.2 Å². The van der Waals surface area contributed by atoms with Gasteiger partial charge in [-0.1, -0.05) is 0 Å². The highest BCUT2D eigenvalue weighted by atomic mass is 16.6. The van der Waals surface area contributed by atoms with Crippen molar-refractivity contribution < 1.29 is 14.5 Å². The van der Waals surface area contributed by atoms with Crippen molar-refractivity contribution in [3.05, 3.63) is 73.8 Å². The number of H-pyrrole nitrogens is 1. The summed E-state index contributed by atoms with van der Waals surface area (Å²) >= 11 is 0. The second kappa shape index (κ2) is 7.47. The smallest absolute Gasteiger partial charge is 0.270 e. The number of nitrogens with zero attached hydrogens (tertiary/aromatic N) is 2. The molecule has 4 rings (SSSR count). The third-order valence-corrected chi connectivity index (χ3v) is 5.33. The lowest BCUT2D eigenvalue weighted by molar-refractivity contribution is -0.384. The largest absolute Gasteiger partial charge is 0.365 e. The molecule has 1 atom stereocenters. The molecule has 10 heteroatoms. The number of carbonyl (C=O) groups excluding carboxylic acids is 2. The highest BCUT2D eigenvalue weighted by Gasteiger charge is 2.25. The molecule has 10 nitrogen and oxygen atoms in total. The third-order valence-electron chi connectivity index (χ3n) is 5.33. The van der Waals surface area contributed by atoms with E-state index in [4.69, 9.17) is 5.73 Å². The fraction of sp³-hybridized carbons (Fsp3) is 0.250. The minimum atomic E-state index is -0.817. The van der Waals surface area contributed by atoms with Crippen LogP contribution in [0.3, 0.4) is 0 Å². The van der Waals surface area contributed by atoms with E-state index in [0.717, 1.165) is 6.42 Å². The Morgan fingerprint density at radius 1 is 1.30 bits per heavy atom. The van der Waals surface area contributed by atoms with Crippen LogP contribution in [-0.2, 0) is 17.8 Å². The maximum Gasteiger partial charge on any atom is 0.270 e. The molecule has 1 aliphatic carbocycles. The summed E-state index contributed by atoms with van der Waals surface area (Å²) in [7, 11) is 0. The molecule has 0 spiro atoms. The van der Waals surface area contributed by atoms with Crippen LogP contribution in [0.2, 0.25) is 0 Å². The standard InChI is InChI=1S/C20H19N5O5/c21-19(27)14-9-13-15(2-1-3-16(13)23-20(14)28)22-18(26)10-24-7-6-11-8-12(25(29)30)4-5-17(11)24/h4-9,15H,1-3,10H2,(H2,21,27)(H,22,26)(H,23,28). The number of nitrogens with two attached hydrogens (primary N) is 1. The summed E-state index contributed by atoms with van der Waals surface area (Å²) in [6.45, 7) is 0.0270. The van der Waals surface area contributed by atoms with Crippen molar-refractivity contribution in [2.45, 2.75) is 31.8 Å². The Morgan fingerprint density at radius 3 is 2.83 bits per heavy atom. The summed E-state index contributed by atoms with van der Waals surface area (Å²) in [5, 5.41) is 14.5. The number of nitro benzene ring substituents is 1. The molecule has 1 aromatic carbocycles. The molecule has 0 bridgehead atoms. The molecule has 2 heterocycles. The first-order valence-corrected chi connectivity index (χ1v) is 9.42. The zero-order valence-electron chi connectivity index (χ0n) is 15.9. The van der Waals surface area contributed by atoms with Gasteiger partial charge in [0, 0.05) is 34.9 Å². The summed E-state index contributed by atoms with van der Waals surface area (Å²) < 4.78 is 1.71. The maximum atomic E-state index is 12.7. The Balaban J connectivity index is 1.55. The molecule has 30 heavy (non-hydrogen) atoms. The zero-order chi connectivity index (χ0) is 21.4. The van der Waals surface area contributed by atoms with Crippen molar-refractivity contribution in [2.75, 3.05) is 0 Å². The summed E-state index contributed by atoms with van der Waals surface area (Å²) in [5.41, 5.74) is 6.70. The van der Waals surface area contributed by atoms with Crippen molar-refractivity contribution in [3.8, 4) is 0 Å². The fourth-order valence-corrected chi connectivity index (χ4v) is 3.91. The quantitative estimate of drug-likeness (QED) is 0.431. The summed E-state index contributed by atoms with van der Waals surface area (Å²) in [4.78, 5) is 49.3. The van der Waals surface area contributed by atoms with Crippen molar-refractivity contribution in [1.29, 1.82) is 0 Å². The molecule has 2 amide bonds. The number of non-ortho nitro benzene ring substituents is 1. The van der Waals surface area contributed by atoms with Gasteiger partial charge in [0.2, 0.25) is 5.91 Å². The molecule has 0 aliphatic heterocycles.